The van der Waals surface area contributed by atoms with Crippen LogP contribution in [0, 0.1) is 0 Å². The lowest BCUT2D eigenvalue weighted by Crippen LogP contribution is -2.42. The van der Waals surface area contributed by atoms with E-state index in [4.69, 9.17) is 0 Å². The molecule has 0 saturated carbocycles. The molecule has 0 aliphatic heterocycles. The van der Waals surface area contributed by atoms with Crippen LogP contribution in [0.15, 0.2) is 30.3 Å². The molecule has 0 radical (unpaired) electrons. The highest BCUT2D eigenvalue weighted by molar-refractivity contribution is 6.88. The van der Waals surface area contributed by atoms with Gasteiger partial charge in [-0.15, -0.1) is 5.10 Å². The van der Waals surface area contributed by atoms with Crippen molar-refractivity contribution in [2.75, 3.05) is 0 Å². The first-order valence-electron chi connectivity index (χ1n) is 6.84. The van der Waals surface area contributed by atoms with Gasteiger partial charge in [-0.25, -0.2) is 4.68 Å². The Morgan fingerprint density at radius 2 is 1.80 bits per heavy atom. The fourth-order valence-electron chi connectivity index (χ4n) is 2.16. The van der Waals surface area contributed by atoms with E-state index < -0.39 is 8.07 Å². The van der Waals surface area contributed by atoms with Crippen molar-refractivity contribution in [3.8, 4) is 5.69 Å². The molecule has 1 unspecified atom stereocenters. The summed E-state index contributed by atoms with van der Waals surface area (Å²) in [5.74, 6) is -0.0455. The van der Waals surface area contributed by atoms with E-state index in [2.05, 4.69) is 30.0 Å². The lowest BCUT2D eigenvalue weighted by molar-refractivity contribution is -0.118. The summed E-state index contributed by atoms with van der Waals surface area (Å²) in [6.45, 7) is 10.2. The lowest BCUT2D eigenvalue weighted by atomic mass is 10.0. The standard InChI is InChI=1S/C15H21N3OSi/c1-11(12(2)19)14-15(20(3,4)5)16-17-18(14)13-9-7-6-8-10-13/h6-11H,1-5H3. The molecule has 0 spiro atoms. The molecule has 0 fully saturated rings. The predicted molar refractivity (Wildman–Crippen MR) is 83.4 cm³/mol. The van der Waals surface area contributed by atoms with Gasteiger partial charge in [0.1, 0.15) is 13.9 Å². The van der Waals surface area contributed by atoms with E-state index in [9.17, 15) is 4.79 Å². The zero-order chi connectivity index (χ0) is 14.9. The molecule has 4 nitrogen and oxygen atoms in total. The van der Waals surface area contributed by atoms with Crippen molar-refractivity contribution < 1.29 is 4.79 Å². The Balaban J connectivity index is 2.65. The van der Waals surface area contributed by atoms with Crippen molar-refractivity contribution in [2.45, 2.75) is 39.4 Å². The minimum atomic E-state index is -1.65. The van der Waals surface area contributed by atoms with Crippen molar-refractivity contribution in [3.63, 3.8) is 0 Å². The summed E-state index contributed by atoms with van der Waals surface area (Å²) >= 11 is 0. The van der Waals surface area contributed by atoms with Gasteiger partial charge in [0, 0.05) is 0 Å². The number of Topliss-reactive ketones (excluding diaryl/α,β-unsaturated/α-hetero) is 1. The molecule has 1 aromatic heterocycles. The number of carbonyl (C=O) groups is 1. The van der Waals surface area contributed by atoms with Crippen molar-refractivity contribution in [1.82, 2.24) is 15.0 Å². The summed E-state index contributed by atoms with van der Waals surface area (Å²) in [4.78, 5) is 11.9. The fourth-order valence-corrected chi connectivity index (χ4v) is 3.60. The summed E-state index contributed by atoms with van der Waals surface area (Å²) in [6, 6.07) is 9.87. The molecule has 0 amide bonds. The highest BCUT2D eigenvalue weighted by atomic mass is 28.3. The van der Waals surface area contributed by atoms with Crippen LogP contribution in [0.4, 0.5) is 0 Å². The highest BCUT2D eigenvalue weighted by Gasteiger charge is 2.31. The maximum atomic E-state index is 11.9. The molecule has 2 aromatic rings. The second-order valence-electron chi connectivity index (χ2n) is 6.15. The Morgan fingerprint density at radius 3 is 2.30 bits per heavy atom. The molecule has 0 aliphatic rings. The molecule has 0 N–H and O–H groups in total. The first kappa shape index (κ1) is 14.7. The van der Waals surface area contributed by atoms with E-state index in [1.165, 1.54) is 0 Å². The molecular formula is C15H21N3OSi. The first-order valence-corrected chi connectivity index (χ1v) is 10.3. The number of hydrogen-bond acceptors (Lipinski definition) is 3. The second kappa shape index (κ2) is 5.32. The summed E-state index contributed by atoms with van der Waals surface area (Å²) in [5.41, 5.74) is 1.90. The number of ketones is 1. The van der Waals surface area contributed by atoms with Crippen LogP contribution in [0.3, 0.4) is 0 Å². The Labute approximate surface area is 120 Å². The molecule has 0 bridgehead atoms. The van der Waals surface area contributed by atoms with Crippen LogP contribution in [-0.2, 0) is 4.79 Å². The maximum absolute atomic E-state index is 11.9. The summed E-state index contributed by atoms with van der Waals surface area (Å²) in [6.07, 6.45) is 0. The topological polar surface area (TPSA) is 47.8 Å². The van der Waals surface area contributed by atoms with E-state index in [-0.39, 0.29) is 11.7 Å². The monoisotopic (exact) mass is 287 g/mol. The van der Waals surface area contributed by atoms with Gasteiger partial charge in [0.15, 0.2) is 0 Å². The number of benzene rings is 1. The SMILES string of the molecule is CC(=O)C(C)c1c([Si](C)(C)C)nnn1-c1ccccc1. The number of para-hydroxylation sites is 1. The van der Waals surface area contributed by atoms with Gasteiger partial charge in [-0.05, 0) is 26.0 Å². The number of nitrogens with zero attached hydrogens (tertiary/aromatic N) is 3. The lowest BCUT2D eigenvalue weighted by Gasteiger charge is -2.18. The van der Waals surface area contributed by atoms with Gasteiger partial charge in [-0.2, -0.15) is 0 Å². The summed E-state index contributed by atoms with van der Waals surface area (Å²) in [7, 11) is -1.65. The van der Waals surface area contributed by atoms with Crippen molar-refractivity contribution in [1.29, 1.82) is 0 Å². The van der Waals surface area contributed by atoms with E-state index in [0.717, 1.165) is 16.7 Å². The predicted octanol–water partition coefficient (Wildman–Crippen LogP) is 2.51. The summed E-state index contributed by atoms with van der Waals surface area (Å²) < 4.78 is 1.82. The van der Waals surface area contributed by atoms with Crippen LogP contribution in [0.25, 0.3) is 5.69 Å². The van der Waals surface area contributed by atoms with E-state index in [1.54, 1.807) is 6.92 Å². The van der Waals surface area contributed by atoms with E-state index in [0.29, 0.717) is 0 Å². The van der Waals surface area contributed by atoms with Crippen LogP contribution < -0.4 is 5.32 Å². The third-order valence-electron chi connectivity index (χ3n) is 3.44. The third kappa shape index (κ3) is 2.72. The first-order chi connectivity index (χ1) is 9.32. The van der Waals surface area contributed by atoms with E-state index >= 15 is 0 Å². The van der Waals surface area contributed by atoms with Gasteiger partial charge in [0.05, 0.1) is 22.6 Å². The molecule has 0 saturated heterocycles. The molecule has 1 aromatic carbocycles. The van der Waals surface area contributed by atoms with Gasteiger partial charge < -0.3 is 0 Å². The normalized spacial score (nSPS) is 13.2. The number of hydrogen-bond donors (Lipinski definition) is 0. The Morgan fingerprint density at radius 1 is 1.20 bits per heavy atom. The third-order valence-corrected chi connectivity index (χ3v) is 5.21. The fraction of sp³-hybridized carbons (Fsp3) is 0.400. The average Bonchev–Trinajstić information content (AvgIpc) is 2.83. The Bertz CT molecular complexity index is 614. The quantitative estimate of drug-likeness (QED) is 0.812. The number of carbonyl (C=O) groups excluding carboxylic acids is 1. The Hall–Kier alpha value is -1.75. The zero-order valence-electron chi connectivity index (χ0n) is 12.7. The van der Waals surface area contributed by atoms with Crippen LogP contribution in [0.1, 0.15) is 25.5 Å². The van der Waals surface area contributed by atoms with Crippen LogP contribution in [0.2, 0.25) is 19.6 Å². The molecule has 106 valence electrons. The van der Waals surface area contributed by atoms with Gasteiger partial charge in [-0.3, -0.25) is 4.79 Å². The van der Waals surface area contributed by atoms with Crippen molar-refractivity contribution in [3.05, 3.63) is 36.0 Å². The smallest absolute Gasteiger partial charge is 0.138 e. The second-order valence-corrected chi connectivity index (χ2v) is 11.1. The van der Waals surface area contributed by atoms with Gasteiger partial charge in [-0.1, -0.05) is 43.1 Å². The minimum Gasteiger partial charge on any atom is -0.299 e. The molecule has 2 rings (SSSR count). The molecule has 1 heterocycles. The Kier molecular flexibility index (Phi) is 3.90. The number of aromatic nitrogens is 3. The highest BCUT2D eigenvalue weighted by Crippen LogP contribution is 2.20. The van der Waals surface area contributed by atoms with Crippen molar-refractivity contribution in [2.24, 2.45) is 0 Å². The summed E-state index contributed by atoms with van der Waals surface area (Å²) in [5, 5.41) is 9.71. The van der Waals surface area contributed by atoms with Crippen molar-refractivity contribution >= 4 is 19.2 Å². The van der Waals surface area contributed by atoms with Gasteiger partial charge in [0.25, 0.3) is 0 Å². The van der Waals surface area contributed by atoms with Crippen LogP contribution in [-0.4, -0.2) is 28.9 Å². The molecule has 1 atom stereocenters. The molecular weight excluding hydrogens is 266 g/mol. The van der Waals surface area contributed by atoms with Crippen LogP contribution in [0.5, 0.6) is 0 Å². The maximum Gasteiger partial charge on any atom is 0.138 e. The van der Waals surface area contributed by atoms with Gasteiger partial charge >= 0.3 is 0 Å². The van der Waals surface area contributed by atoms with E-state index in [1.807, 2.05) is 41.9 Å². The molecule has 5 heteroatoms. The largest absolute Gasteiger partial charge is 0.299 e. The average molecular weight is 287 g/mol. The zero-order valence-corrected chi connectivity index (χ0v) is 13.7. The minimum absolute atomic E-state index is 0.143. The number of rotatable bonds is 4. The van der Waals surface area contributed by atoms with Gasteiger partial charge in [0.2, 0.25) is 0 Å². The molecule has 20 heavy (non-hydrogen) atoms. The van der Waals surface area contributed by atoms with Crippen LogP contribution >= 0.6 is 0 Å². The molecule has 0 aliphatic carbocycles.